The number of halogens is 1. The van der Waals surface area contributed by atoms with Gasteiger partial charge in [0, 0.05) is 60.5 Å². The quantitative estimate of drug-likeness (QED) is 0.426. The van der Waals surface area contributed by atoms with E-state index in [0.29, 0.717) is 41.4 Å². The van der Waals surface area contributed by atoms with Gasteiger partial charge in [0.25, 0.3) is 0 Å². The summed E-state index contributed by atoms with van der Waals surface area (Å²) in [4.78, 5) is 21.9. The van der Waals surface area contributed by atoms with Gasteiger partial charge in [0.15, 0.2) is 0 Å². The van der Waals surface area contributed by atoms with Crippen LogP contribution in [0.3, 0.4) is 0 Å². The Labute approximate surface area is 207 Å². The van der Waals surface area contributed by atoms with Crippen molar-refractivity contribution in [3.8, 4) is 17.0 Å². The molecule has 1 saturated carbocycles. The first kappa shape index (κ1) is 22.5. The van der Waals surface area contributed by atoms with Crippen LogP contribution in [0.25, 0.3) is 21.9 Å². The number of carbonyl (C=O) groups excluding carboxylic acids is 1. The molecule has 1 aliphatic carbocycles. The Balaban J connectivity index is 1.29. The Morgan fingerprint density at radius 3 is 2.83 bits per heavy atom. The van der Waals surface area contributed by atoms with Crippen molar-refractivity contribution in [2.24, 2.45) is 18.9 Å². The summed E-state index contributed by atoms with van der Waals surface area (Å²) in [7, 11) is 1.88. The number of nitrogens with zero attached hydrogens (tertiary/aromatic N) is 4. The van der Waals surface area contributed by atoms with Crippen LogP contribution in [0.2, 0.25) is 0 Å². The molecule has 4 heterocycles. The number of pyridine rings is 2. The number of fused-ring (bicyclic) bond motifs is 2. The van der Waals surface area contributed by atoms with E-state index in [1.807, 2.05) is 26.4 Å². The highest BCUT2D eigenvalue weighted by molar-refractivity contribution is 5.97. The van der Waals surface area contributed by atoms with Gasteiger partial charge in [0.1, 0.15) is 23.9 Å². The van der Waals surface area contributed by atoms with Crippen LogP contribution in [0.5, 0.6) is 5.88 Å². The number of carbonyl (C=O) groups is 1. The molecule has 0 spiro atoms. The van der Waals surface area contributed by atoms with Crippen LogP contribution < -0.4 is 15.4 Å². The highest BCUT2D eigenvalue weighted by atomic mass is 19.1. The number of hydrogen-bond acceptors (Lipinski definition) is 6. The van der Waals surface area contributed by atoms with Gasteiger partial charge in [-0.15, -0.1) is 0 Å². The molecule has 36 heavy (non-hydrogen) atoms. The summed E-state index contributed by atoms with van der Waals surface area (Å²) < 4.78 is 22.5. The molecule has 1 fully saturated rings. The lowest BCUT2D eigenvalue weighted by Crippen LogP contribution is -2.20. The van der Waals surface area contributed by atoms with Crippen molar-refractivity contribution >= 4 is 28.2 Å². The summed E-state index contributed by atoms with van der Waals surface area (Å²) >= 11 is 0. The Bertz CT molecular complexity index is 1500. The first-order chi connectivity index (χ1) is 17.4. The fourth-order valence-electron chi connectivity index (χ4n) is 5.45. The third-order valence-electron chi connectivity index (χ3n) is 7.35. The van der Waals surface area contributed by atoms with E-state index in [2.05, 4.69) is 32.6 Å². The van der Waals surface area contributed by atoms with Gasteiger partial charge >= 0.3 is 0 Å². The normalized spacial score (nSPS) is 20.4. The lowest BCUT2D eigenvalue weighted by atomic mass is 9.98. The molecule has 2 aliphatic rings. The first-order valence-corrected chi connectivity index (χ1v) is 12.2. The van der Waals surface area contributed by atoms with Crippen LogP contribution in [0.4, 0.5) is 15.9 Å². The van der Waals surface area contributed by atoms with Crippen LogP contribution in [0, 0.1) is 24.6 Å². The molecule has 0 bridgehead atoms. The monoisotopic (exact) mass is 486 g/mol. The minimum Gasteiger partial charge on any atom is -0.474 e. The van der Waals surface area contributed by atoms with Gasteiger partial charge in [-0.2, -0.15) is 5.10 Å². The van der Waals surface area contributed by atoms with E-state index in [1.165, 1.54) is 6.07 Å². The molecule has 3 aromatic heterocycles. The maximum Gasteiger partial charge on any atom is 0.237 e. The SMILES string of the molecule is CC[C@H]1[C@H](C(=O)Nc2cc3cc(-c4cnc5c(c4C)NCCO5)c(F)cc3cn2)[C@H]1c1cnn(C)c1. The summed E-state index contributed by atoms with van der Waals surface area (Å²) in [5.41, 5.74) is 3.89. The standard InChI is InChI=1S/C27H27FN6O2/c1-4-18-23(17-11-32-34(3)13-17)24(18)26(35)33-22-9-15-7-19(21(28)8-16(15)10-30-22)20-12-31-27-25(14(20)2)29-5-6-36-27/h7-13,18,23-24,29H,4-6H2,1-3H3,(H,30,33,35)/t18-,23+,24+/m1/s1. The second kappa shape index (κ2) is 8.58. The number of aromatic nitrogens is 4. The lowest BCUT2D eigenvalue weighted by Gasteiger charge is -2.21. The summed E-state index contributed by atoms with van der Waals surface area (Å²) in [6, 6.07) is 5.05. The first-order valence-electron chi connectivity index (χ1n) is 12.2. The van der Waals surface area contributed by atoms with Crippen LogP contribution in [-0.4, -0.2) is 38.8 Å². The molecule has 1 aromatic carbocycles. The fraction of sp³-hybridized carbons (Fsp3) is 0.333. The van der Waals surface area contributed by atoms with E-state index in [1.54, 1.807) is 29.2 Å². The van der Waals surface area contributed by atoms with Crippen molar-refractivity contribution in [1.82, 2.24) is 19.7 Å². The van der Waals surface area contributed by atoms with Gasteiger partial charge < -0.3 is 15.4 Å². The lowest BCUT2D eigenvalue weighted by molar-refractivity contribution is -0.117. The summed E-state index contributed by atoms with van der Waals surface area (Å²) in [6.45, 7) is 5.26. The Morgan fingerprint density at radius 1 is 1.19 bits per heavy atom. The summed E-state index contributed by atoms with van der Waals surface area (Å²) in [5.74, 6) is 0.922. The second-order valence-corrected chi connectivity index (χ2v) is 9.56. The number of benzene rings is 1. The molecule has 9 heteroatoms. The second-order valence-electron chi connectivity index (χ2n) is 9.56. The Morgan fingerprint density at radius 2 is 2.06 bits per heavy atom. The predicted molar refractivity (Wildman–Crippen MR) is 136 cm³/mol. The zero-order valence-electron chi connectivity index (χ0n) is 20.4. The fourth-order valence-corrected chi connectivity index (χ4v) is 5.45. The van der Waals surface area contributed by atoms with Gasteiger partial charge in [-0.3, -0.25) is 9.48 Å². The minimum atomic E-state index is -0.356. The van der Waals surface area contributed by atoms with Gasteiger partial charge in [-0.05, 0) is 47.6 Å². The molecule has 0 saturated heterocycles. The number of rotatable bonds is 5. The highest BCUT2D eigenvalue weighted by Gasteiger charge is 2.54. The maximum absolute atomic E-state index is 15.1. The van der Waals surface area contributed by atoms with E-state index < -0.39 is 0 Å². The molecule has 3 atom stereocenters. The molecule has 1 aliphatic heterocycles. The Kier molecular flexibility index (Phi) is 5.35. The van der Waals surface area contributed by atoms with Gasteiger partial charge in [-0.1, -0.05) is 13.3 Å². The molecule has 8 nitrogen and oxygen atoms in total. The zero-order valence-corrected chi connectivity index (χ0v) is 20.4. The summed E-state index contributed by atoms with van der Waals surface area (Å²) in [6.07, 6.45) is 7.97. The topological polar surface area (TPSA) is 94.0 Å². The number of aryl methyl sites for hydroxylation is 1. The number of hydrogen-bond donors (Lipinski definition) is 2. The van der Waals surface area contributed by atoms with Crippen molar-refractivity contribution in [2.75, 3.05) is 23.8 Å². The number of anilines is 2. The number of amides is 1. The zero-order chi connectivity index (χ0) is 25.0. The number of nitrogens with one attached hydrogen (secondary N) is 2. The van der Waals surface area contributed by atoms with Crippen LogP contribution in [0.1, 0.15) is 30.4 Å². The average molecular weight is 487 g/mol. The van der Waals surface area contributed by atoms with E-state index in [9.17, 15) is 4.79 Å². The van der Waals surface area contributed by atoms with E-state index >= 15 is 4.39 Å². The van der Waals surface area contributed by atoms with Crippen molar-refractivity contribution in [3.05, 3.63) is 59.9 Å². The molecule has 2 N–H and O–H groups in total. The van der Waals surface area contributed by atoms with Crippen molar-refractivity contribution in [1.29, 1.82) is 0 Å². The molecule has 0 unspecified atom stereocenters. The molecular weight excluding hydrogens is 459 g/mol. The Hall–Kier alpha value is -4.01. The predicted octanol–water partition coefficient (Wildman–Crippen LogP) is 4.66. The van der Waals surface area contributed by atoms with Gasteiger partial charge in [0.2, 0.25) is 11.8 Å². The van der Waals surface area contributed by atoms with Crippen LogP contribution in [-0.2, 0) is 11.8 Å². The van der Waals surface area contributed by atoms with Crippen molar-refractivity contribution in [3.63, 3.8) is 0 Å². The van der Waals surface area contributed by atoms with Crippen LogP contribution >= 0.6 is 0 Å². The third-order valence-corrected chi connectivity index (χ3v) is 7.35. The maximum atomic E-state index is 15.1. The average Bonchev–Trinajstić information content (AvgIpc) is 3.47. The smallest absolute Gasteiger partial charge is 0.237 e. The van der Waals surface area contributed by atoms with Crippen molar-refractivity contribution < 1.29 is 13.9 Å². The van der Waals surface area contributed by atoms with Crippen LogP contribution in [0.15, 0.2) is 43.0 Å². The van der Waals surface area contributed by atoms with E-state index in [4.69, 9.17) is 4.74 Å². The van der Waals surface area contributed by atoms with E-state index in [0.717, 1.165) is 28.6 Å². The molecule has 1 amide bonds. The summed E-state index contributed by atoms with van der Waals surface area (Å²) in [5, 5.41) is 12.0. The third kappa shape index (κ3) is 3.75. The molecule has 4 aromatic rings. The van der Waals surface area contributed by atoms with Gasteiger partial charge in [0.05, 0.1) is 6.20 Å². The van der Waals surface area contributed by atoms with Crippen molar-refractivity contribution in [2.45, 2.75) is 26.2 Å². The number of ether oxygens (including phenoxy) is 1. The highest BCUT2D eigenvalue weighted by Crippen LogP contribution is 2.56. The van der Waals surface area contributed by atoms with Gasteiger partial charge in [-0.25, -0.2) is 14.4 Å². The minimum absolute atomic E-state index is 0.0503. The largest absolute Gasteiger partial charge is 0.474 e. The van der Waals surface area contributed by atoms with E-state index in [-0.39, 0.29) is 29.5 Å². The molecule has 6 rings (SSSR count). The molecular formula is C27H27FN6O2. The molecule has 184 valence electrons. The molecule has 0 radical (unpaired) electrons.